The first kappa shape index (κ1) is 93.9. The molecular weight excluding hydrogens is 1710 g/mol. The molecule has 5 amide bonds. The monoisotopic (exact) mass is 1820 g/mol. The normalized spacial score (nSPS) is 16.3. The highest BCUT2D eigenvalue weighted by atomic mass is 35.5. The maximum absolute atomic E-state index is 14.0. The minimum absolute atomic E-state index is 0. The lowest BCUT2D eigenvalue weighted by molar-refractivity contribution is -0.137. The van der Waals surface area contributed by atoms with Crippen LogP contribution in [-0.2, 0) is 82.3 Å². The van der Waals surface area contributed by atoms with E-state index < -0.39 is 5.97 Å². The third-order valence-electron chi connectivity index (χ3n) is 23.0. The van der Waals surface area contributed by atoms with Crippen molar-refractivity contribution in [2.75, 3.05) is 70.9 Å². The number of hydrogen-bond donors (Lipinski definition) is 2. The van der Waals surface area contributed by atoms with Crippen molar-refractivity contribution in [1.82, 2.24) is 5.32 Å². The molecule has 10 aromatic carbocycles. The molecule has 0 saturated carbocycles. The number of carbonyl (C=O) groups excluding carboxylic acids is 5. The van der Waals surface area contributed by atoms with E-state index in [9.17, 15) is 28.8 Å². The largest absolute Gasteiger partial charge is 0.494 e. The molecule has 8 aliphatic rings. The number of carboxylic acids is 1. The van der Waals surface area contributed by atoms with Crippen molar-refractivity contribution in [1.29, 1.82) is 0 Å². The Morgan fingerprint density at radius 3 is 1.05 bits per heavy atom. The molecule has 8 aliphatic heterocycles. The number of anilines is 4. The zero-order chi connectivity index (χ0) is 87.6. The van der Waals surface area contributed by atoms with Crippen LogP contribution in [0.15, 0.2) is 202 Å². The van der Waals surface area contributed by atoms with Gasteiger partial charge in [-0.3, -0.25) is 68.3 Å². The van der Waals surface area contributed by atoms with Crippen molar-refractivity contribution in [2.24, 2.45) is 20.0 Å². The van der Waals surface area contributed by atoms with Crippen molar-refractivity contribution in [3.05, 3.63) is 260 Å². The van der Waals surface area contributed by atoms with Gasteiger partial charge in [-0.15, -0.1) is 32.7 Å². The Morgan fingerprint density at radius 1 is 0.426 bits per heavy atom. The summed E-state index contributed by atoms with van der Waals surface area (Å²) in [6.07, 6.45) is 15.1. The van der Waals surface area contributed by atoms with E-state index in [1.807, 2.05) is 200 Å². The highest BCUT2D eigenvalue weighted by Gasteiger charge is 2.41. The van der Waals surface area contributed by atoms with Crippen molar-refractivity contribution < 1.29 is 71.8 Å². The number of unbranched alkanes of at least 4 members (excludes halogenated alkanes) is 2. The van der Waals surface area contributed by atoms with Gasteiger partial charge in [0, 0.05) is 123 Å². The van der Waals surface area contributed by atoms with E-state index in [0.717, 1.165) is 90.6 Å². The highest BCUT2D eigenvalue weighted by Crippen LogP contribution is 2.46. The summed E-state index contributed by atoms with van der Waals surface area (Å²) in [6, 6.07) is 57.0. The Kier molecular flexibility index (Phi) is 30.9. The first-order valence-electron chi connectivity index (χ1n) is 41.8. The molecule has 670 valence electrons. The first-order valence-corrected chi connectivity index (χ1v) is 45.6. The van der Waals surface area contributed by atoms with E-state index >= 15 is 0 Å². The molecule has 8 heterocycles. The van der Waals surface area contributed by atoms with Crippen LogP contribution in [0.25, 0.3) is 0 Å². The zero-order valence-corrected chi connectivity index (χ0v) is 73.3. The number of alkyl halides is 2. The highest BCUT2D eigenvalue weighted by molar-refractivity contribution is 8.28. The van der Waals surface area contributed by atoms with Crippen molar-refractivity contribution in [2.45, 2.75) is 151 Å². The molecule has 24 nitrogen and oxygen atoms in total. The minimum atomic E-state index is -0.841. The number of para-hydroxylation sites is 4. The van der Waals surface area contributed by atoms with Gasteiger partial charge in [-0.1, -0.05) is 106 Å². The maximum Gasteiger partial charge on any atom is 0.303 e. The molecule has 0 radical (unpaired) electrons. The molecule has 0 spiro atoms. The predicted octanol–water partition coefficient (Wildman–Crippen LogP) is 19.8. The number of aliphatic imine (C=N–C) groups is 4. The Hall–Kier alpha value is -12.8. The van der Waals surface area contributed by atoms with Gasteiger partial charge in [0.2, 0.25) is 5.91 Å². The molecule has 0 saturated heterocycles. The topological polar surface area (TPSA) is 271 Å². The van der Waals surface area contributed by atoms with Gasteiger partial charge in [0.05, 0.1) is 102 Å². The zero-order valence-electron chi connectivity index (χ0n) is 70.2. The SMILES string of the molecule is C.C.C.COc1cc2c(cc1OCc1cc(COc3cc4c(cc3C)C(=O)N3c5ccccc5C[C@H]3C=N4)cc(OCCCCC(=O)NCCS(C)=S)c1)N=C[C@@H]1Cc3ccccc3N1C2=O.COc1cc2c(cc1OCc1cc(COc3cc4c(cc3C)C(=O)N3c5ccccc5C[C@H]3C=N4)cc(OCCCCC(=O)O)c1)N=C[C@@H]1Cc3ccccc3N1C2=O.ClCCl. The molecule has 0 fully saturated rings. The average Bonchev–Trinajstić information content (AvgIpc) is 1.63. The number of nitrogens with one attached hydrogen (secondary N) is 1. The second kappa shape index (κ2) is 42.5. The van der Waals surface area contributed by atoms with E-state index in [1.165, 1.54) is 7.11 Å². The summed E-state index contributed by atoms with van der Waals surface area (Å²) < 4.78 is 49.6. The fourth-order valence-electron chi connectivity index (χ4n) is 16.9. The number of nitrogens with zero attached hydrogens (tertiary/aromatic N) is 8. The Labute approximate surface area is 769 Å². The number of aliphatic carboxylic acids is 1. The van der Waals surface area contributed by atoms with Crippen LogP contribution >= 0.6 is 23.2 Å². The van der Waals surface area contributed by atoms with E-state index in [0.29, 0.717) is 162 Å². The summed E-state index contributed by atoms with van der Waals surface area (Å²) >= 11 is 14.8. The van der Waals surface area contributed by atoms with Gasteiger partial charge in [-0.25, -0.2) is 0 Å². The Bertz CT molecular complexity index is 6060. The average molecular weight is 1820 g/mol. The fourth-order valence-corrected chi connectivity index (χ4v) is 17.6. The van der Waals surface area contributed by atoms with Gasteiger partial charge < -0.3 is 48.3 Å². The molecule has 0 aromatic heterocycles. The molecule has 2 N–H and O–H groups in total. The van der Waals surface area contributed by atoms with Crippen molar-refractivity contribution in [3.63, 3.8) is 0 Å². The molecule has 28 heteroatoms. The number of methoxy groups -OCH3 is 2. The number of aryl methyl sites for hydroxylation is 2. The Morgan fingerprint density at radius 2 is 0.729 bits per heavy atom. The number of halogens is 2. The number of benzene rings is 10. The second-order valence-corrected chi connectivity index (χ2v) is 35.7. The number of carbonyl (C=O) groups is 6. The van der Waals surface area contributed by atoms with E-state index in [-0.39, 0.29) is 124 Å². The number of ether oxygens (including phenoxy) is 8. The van der Waals surface area contributed by atoms with Gasteiger partial charge in [-0.05, 0) is 186 Å². The lowest BCUT2D eigenvalue weighted by Gasteiger charge is -2.22. The summed E-state index contributed by atoms with van der Waals surface area (Å²) in [7, 11) is 2.96. The molecule has 18 rings (SSSR count). The van der Waals surface area contributed by atoms with Crippen molar-refractivity contribution >= 4 is 150 Å². The van der Waals surface area contributed by atoms with Crippen LogP contribution in [0.3, 0.4) is 0 Å². The van der Waals surface area contributed by atoms with Gasteiger partial charge in [-0.2, -0.15) is 0 Å². The minimum Gasteiger partial charge on any atom is -0.494 e. The standard InChI is InChI=1S/C50H49N5O7S2.C47H42N4O8.CH2Cl2.3CH4/c1-31-18-39-41(52-27-36-22-34-10-4-6-12-43(34)54(36)49(39)57)25-45(31)61-29-32-19-33(21-38(20-32)60-16-9-8-14-48(56)51-15-17-64(3)63)30-62-47-26-42-40(24-46(47)59-2)50(58)55-37(28-53-42)23-35-11-5-7-13-44(35)55;1-28-15-36-38(48-24-33-19-31-9-3-5-11-40(31)50(33)46(36)54)22-42(28)58-26-29-16-30(18-35(17-29)57-14-8-7-13-45(52)53)27-59-44-23-39-37(21-43(44)56-2)47(55)51-34(25-49-39)20-32-10-4-6-12-41(32)51;2-1-3;;;/h4-7,10-13,18-21,24-28,36-37H,8-9,14-17,22-23,29-30H2,1-3H3,(H,51,56);3-6,9-12,15-18,21-25,33-34H,7-8,13-14,19-20,26-27H2,1-2H3,(H,52,53);1H2;3*1H4/t36-,37-,64?;33-,34-;;;;/m00..../s1. The summed E-state index contributed by atoms with van der Waals surface area (Å²) in [5.41, 5.74) is 17.0. The van der Waals surface area contributed by atoms with Crippen LogP contribution in [-0.4, -0.2) is 141 Å². The summed E-state index contributed by atoms with van der Waals surface area (Å²) in [6.45, 7) is 5.86. The van der Waals surface area contributed by atoms with Crippen LogP contribution in [0.2, 0.25) is 0 Å². The van der Waals surface area contributed by atoms with Crippen LogP contribution in [0.5, 0.6) is 46.0 Å². The summed E-state index contributed by atoms with van der Waals surface area (Å²) in [5.74, 6) is 3.63. The van der Waals surface area contributed by atoms with Crippen molar-refractivity contribution in [3.8, 4) is 46.0 Å². The van der Waals surface area contributed by atoms with Gasteiger partial charge in [0.1, 0.15) is 49.4 Å². The van der Waals surface area contributed by atoms with E-state index in [1.54, 1.807) is 41.2 Å². The molecule has 5 atom stereocenters. The van der Waals surface area contributed by atoms with Crippen LogP contribution in [0.4, 0.5) is 45.5 Å². The molecule has 0 bridgehead atoms. The van der Waals surface area contributed by atoms with Crippen LogP contribution in [0, 0.1) is 13.8 Å². The fraction of sp³-hybridized carbons (Fsp3) is 0.307. The number of hydrogen-bond acceptors (Lipinski definition) is 19. The quantitative estimate of drug-likeness (QED) is 0.0326. The molecule has 129 heavy (non-hydrogen) atoms. The van der Waals surface area contributed by atoms with Gasteiger partial charge in [0.15, 0.2) is 23.0 Å². The summed E-state index contributed by atoms with van der Waals surface area (Å²) in [4.78, 5) is 105. The van der Waals surface area contributed by atoms with Gasteiger partial charge >= 0.3 is 5.97 Å². The van der Waals surface area contributed by atoms with E-state index in [2.05, 4.69) is 17.4 Å². The van der Waals surface area contributed by atoms with E-state index in [4.69, 9.17) is 97.4 Å². The Balaban J connectivity index is 0.000000210. The number of carboxylic acid groups (broad SMARTS) is 1. The molecule has 1 unspecified atom stereocenters. The van der Waals surface area contributed by atoms with Crippen LogP contribution in [0.1, 0.15) is 158 Å². The summed E-state index contributed by atoms with van der Waals surface area (Å²) in [5, 5.41) is 12.2. The van der Waals surface area contributed by atoms with Gasteiger partial charge in [0.25, 0.3) is 23.6 Å². The lowest BCUT2D eigenvalue weighted by Crippen LogP contribution is -2.37. The third-order valence-corrected chi connectivity index (χ3v) is 24.3. The second-order valence-electron chi connectivity index (χ2n) is 31.6. The third kappa shape index (κ3) is 21.0. The molecule has 10 aromatic rings. The number of rotatable bonds is 29. The van der Waals surface area contributed by atoms with Crippen LogP contribution < -0.4 is 62.8 Å². The predicted molar refractivity (Wildman–Crippen MR) is 516 cm³/mol. The molecule has 0 aliphatic carbocycles. The number of fused-ring (bicyclic) bond motifs is 16. The lowest BCUT2D eigenvalue weighted by atomic mass is 10.1. The first-order chi connectivity index (χ1) is 61.3. The number of amides is 5. The molecular formula is C101H105Cl2N9O15S2. The smallest absolute Gasteiger partial charge is 0.303 e. The maximum atomic E-state index is 14.0.